The van der Waals surface area contributed by atoms with Gasteiger partial charge in [-0.2, -0.15) is 5.10 Å². The summed E-state index contributed by atoms with van der Waals surface area (Å²) >= 11 is 0. The molecule has 2 atom stereocenters. The highest BCUT2D eigenvalue weighted by atomic mass is 32.2. The second-order valence-corrected chi connectivity index (χ2v) is 9.67. The second-order valence-electron chi connectivity index (χ2n) is 7.35. The maximum Gasteiger partial charge on any atom is 0.221 e. The summed E-state index contributed by atoms with van der Waals surface area (Å²) < 4.78 is 28.3. The van der Waals surface area contributed by atoms with Crippen LogP contribution in [0.4, 0.5) is 0 Å². The molecule has 1 amide bonds. The molecule has 1 saturated heterocycles. The van der Waals surface area contributed by atoms with Crippen LogP contribution in [0.1, 0.15) is 44.4 Å². The molecule has 2 rings (SSSR count). The van der Waals surface area contributed by atoms with E-state index < -0.39 is 15.3 Å². The lowest BCUT2D eigenvalue weighted by atomic mass is 10.1. The summed E-state index contributed by atoms with van der Waals surface area (Å²) in [5, 5.41) is 6.69. The van der Waals surface area contributed by atoms with E-state index in [1.165, 1.54) is 0 Å². The number of sulfonamides is 1. The number of likely N-dealkylation sites (tertiary alicyclic amines) is 1. The number of carbonyl (C=O) groups excluding carboxylic acids is 1. The lowest BCUT2D eigenvalue weighted by Gasteiger charge is -2.26. The molecule has 8 nitrogen and oxygen atoms in total. The van der Waals surface area contributed by atoms with Gasteiger partial charge in [-0.3, -0.25) is 14.4 Å². The van der Waals surface area contributed by atoms with Gasteiger partial charge in [-0.05, 0) is 40.7 Å². The highest BCUT2D eigenvalue weighted by molar-refractivity contribution is 7.90. The lowest BCUT2D eigenvalue weighted by Crippen LogP contribution is -2.43. The quantitative estimate of drug-likeness (QED) is 0.680. The van der Waals surface area contributed by atoms with Crippen molar-refractivity contribution < 1.29 is 13.2 Å². The van der Waals surface area contributed by atoms with Crippen LogP contribution >= 0.6 is 0 Å². The zero-order chi connectivity index (χ0) is 19.5. The van der Waals surface area contributed by atoms with Gasteiger partial charge in [0, 0.05) is 49.9 Å². The first-order chi connectivity index (χ1) is 12.1. The van der Waals surface area contributed by atoms with Crippen LogP contribution < -0.4 is 10.0 Å². The highest BCUT2D eigenvalue weighted by Gasteiger charge is 2.32. The molecule has 0 radical (unpaired) electrons. The number of likely N-dealkylation sites (N-methyl/N-ethyl adjacent to an activating group) is 1. The molecule has 1 aliphatic rings. The Hall–Kier alpha value is -1.45. The summed E-state index contributed by atoms with van der Waals surface area (Å²) in [6.07, 6.45) is 3.97. The number of aryl methyl sites for hydroxylation is 1. The van der Waals surface area contributed by atoms with Crippen LogP contribution in [0.5, 0.6) is 0 Å². The molecule has 1 aromatic rings. The Kier molecular flexibility index (Phi) is 6.81. The maximum absolute atomic E-state index is 12.3. The Labute approximate surface area is 156 Å². The Morgan fingerprint density at radius 2 is 1.96 bits per heavy atom. The van der Waals surface area contributed by atoms with Gasteiger partial charge in [-0.1, -0.05) is 0 Å². The third-order valence-corrected chi connectivity index (χ3v) is 7.17. The largest absolute Gasteiger partial charge is 0.352 e. The molecule has 26 heavy (non-hydrogen) atoms. The summed E-state index contributed by atoms with van der Waals surface area (Å²) in [7, 11) is 0.585. The van der Waals surface area contributed by atoms with Crippen molar-refractivity contribution in [3.8, 4) is 0 Å². The molecule has 1 aliphatic heterocycles. The molecule has 1 fully saturated rings. The zero-order valence-electron chi connectivity index (χ0n) is 16.3. The van der Waals surface area contributed by atoms with Gasteiger partial charge in [-0.25, -0.2) is 13.1 Å². The molecular weight excluding hydrogens is 354 g/mol. The van der Waals surface area contributed by atoms with Gasteiger partial charge in [0.2, 0.25) is 15.9 Å². The third-order valence-electron chi connectivity index (χ3n) is 5.36. The summed E-state index contributed by atoms with van der Waals surface area (Å²) in [4.78, 5) is 14.4. The van der Waals surface area contributed by atoms with E-state index in [0.717, 1.165) is 24.1 Å². The van der Waals surface area contributed by atoms with Crippen molar-refractivity contribution in [3.63, 3.8) is 0 Å². The van der Waals surface area contributed by atoms with Crippen molar-refractivity contribution in [1.82, 2.24) is 24.7 Å². The van der Waals surface area contributed by atoms with Crippen molar-refractivity contribution in [3.05, 3.63) is 17.5 Å². The minimum absolute atomic E-state index is 0.00788. The number of hydrogen-bond acceptors (Lipinski definition) is 5. The van der Waals surface area contributed by atoms with Crippen molar-refractivity contribution in [1.29, 1.82) is 0 Å². The molecule has 0 bridgehead atoms. The average Bonchev–Trinajstić information content (AvgIpc) is 3.07. The fraction of sp³-hybridized carbons (Fsp3) is 0.765. The van der Waals surface area contributed by atoms with E-state index in [1.807, 2.05) is 21.0 Å². The molecule has 148 valence electrons. The summed E-state index contributed by atoms with van der Waals surface area (Å²) in [6.45, 7) is 6.17. The first kappa shape index (κ1) is 20.9. The van der Waals surface area contributed by atoms with Crippen molar-refractivity contribution >= 4 is 15.9 Å². The van der Waals surface area contributed by atoms with E-state index in [4.69, 9.17) is 0 Å². The minimum Gasteiger partial charge on any atom is -0.352 e. The topological polar surface area (TPSA) is 96.3 Å². The fourth-order valence-corrected chi connectivity index (χ4v) is 3.92. The smallest absolute Gasteiger partial charge is 0.221 e. The van der Waals surface area contributed by atoms with Crippen LogP contribution in [0.15, 0.2) is 6.20 Å². The zero-order valence-corrected chi connectivity index (χ0v) is 17.1. The first-order valence-electron chi connectivity index (χ1n) is 9.06. The van der Waals surface area contributed by atoms with Gasteiger partial charge in [0.1, 0.15) is 0 Å². The normalized spacial score (nSPS) is 21.5. The molecule has 0 unspecified atom stereocenters. The van der Waals surface area contributed by atoms with E-state index in [9.17, 15) is 13.2 Å². The SMILES string of the molecule is Cc1c(CNC(=O)C[C@H]2CC[C@@H](CNS(=O)(=O)C(C)C)N2C)cnn1C. The Bertz CT molecular complexity index is 729. The average molecular weight is 386 g/mol. The number of nitrogens with one attached hydrogen (secondary N) is 2. The predicted molar refractivity (Wildman–Crippen MR) is 101 cm³/mol. The number of nitrogens with zero attached hydrogens (tertiary/aromatic N) is 3. The van der Waals surface area contributed by atoms with Crippen LogP contribution in [0.2, 0.25) is 0 Å². The third kappa shape index (κ3) is 5.05. The number of rotatable bonds is 8. The van der Waals surface area contributed by atoms with Gasteiger partial charge in [-0.15, -0.1) is 0 Å². The predicted octanol–water partition coefficient (Wildman–Crippen LogP) is 0.525. The Morgan fingerprint density at radius 1 is 1.31 bits per heavy atom. The maximum atomic E-state index is 12.3. The molecule has 9 heteroatoms. The van der Waals surface area contributed by atoms with E-state index in [-0.39, 0.29) is 18.0 Å². The Balaban J connectivity index is 1.79. The standard InChI is InChI=1S/C17H31N5O3S/c1-12(2)26(24,25)20-11-16-7-6-15(21(16)4)8-17(23)18-9-14-10-19-22(5)13(14)3/h10,12,15-16,20H,6-9,11H2,1-5H3,(H,18,23)/t15-,16+/m1/s1. The fourth-order valence-electron chi connectivity index (χ4n) is 3.16. The summed E-state index contributed by atoms with van der Waals surface area (Å²) in [5.74, 6) is 0.00788. The number of carbonyl (C=O) groups is 1. The van der Waals surface area contributed by atoms with Crippen molar-refractivity contribution in [2.45, 2.75) is 63.9 Å². The van der Waals surface area contributed by atoms with E-state index in [2.05, 4.69) is 20.0 Å². The highest BCUT2D eigenvalue weighted by Crippen LogP contribution is 2.24. The van der Waals surface area contributed by atoms with E-state index in [1.54, 1.807) is 24.7 Å². The van der Waals surface area contributed by atoms with Crippen LogP contribution in [-0.4, -0.2) is 59.9 Å². The van der Waals surface area contributed by atoms with E-state index in [0.29, 0.717) is 19.5 Å². The number of amides is 1. The van der Waals surface area contributed by atoms with Gasteiger partial charge in [0.15, 0.2) is 0 Å². The molecule has 0 aromatic carbocycles. The van der Waals surface area contributed by atoms with Gasteiger partial charge in [0.25, 0.3) is 0 Å². The van der Waals surface area contributed by atoms with Gasteiger partial charge >= 0.3 is 0 Å². The van der Waals surface area contributed by atoms with E-state index >= 15 is 0 Å². The molecule has 1 aromatic heterocycles. The number of hydrogen-bond donors (Lipinski definition) is 2. The van der Waals surface area contributed by atoms with Gasteiger partial charge in [0.05, 0.1) is 11.4 Å². The lowest BCUT2D eigenvalue weighted by molar-refractivity contribution is -0.122. The summed E-state index contributed by atoms with van der Waals surface area (Å²) in [5.41, 5.74) is 2.06. The Morgan fingerprint density at radius 3 is 2.54 bits per heavy atom. The molecule has 0 spiro atoms. The molecule has 2 N–H and O–H groups in total. The summed E-state index contributed by atoms with van der Waals surface area (Å²) in [6, 6.07) is 0.264. The van der Waals surface area contributed by atoms with Crippen LogP contribution in [0.3, 0.4) is 0 Å². The number of aromatic nitrogens is 2. The van der Waals surface area contributed by atoms with Gasteiger partial charge < -0.3 is 5.32 Å². The van der Waals surface area contributed by atoms with Crippen molar-refractivity contribution in [2.24, 2.45) is 7.05 Å². The molecule has 2 heterocycles. The molecule has 0 saturated carbocycles. The van der Waals surface area contributed by atoms with Crippen LogP contribution in [0.25, 0.3) is 0 Å². The molecular formula is C17H31N5O3S. The molecule has 0 aliphatic carbocycles. The van der Waals surface area contributed by atoms with Crippen LogP contribution in [0, 0.1) is 6.92 Å². The first-order valence-corrected chi connectivity index (χ1v) is 10.6. The minimum atomic E-state index is -3.25. The van der Waals surface area contributed by atoms with Crippen molar-refractivity contribution in [2.75, 3.05) is 13.6 Å². The monoisotopic (exact) mass is 385 g/mol. The second kappa shape index (κ2) is 8.49. The van der Waals surface area contributed by atoms with Crippen LogP contribution in [-0.2, 0) is 28.4 Å².